The molecule has 3 aliphatic rings. The van der Waals surface area contributed by atoms with Crippen molar-refractivity contribution in [2.45, 2.75) is 50.7 Å². The lowest BCUT2D eigenvalue weighted by Crippen LogP contribution is -2.62. The molecule has 0 aromatic heterocycles. The Bertz CT molecular complexity index is 443. The average Bonchev–Trinajstić information content (AvgIpc) is 3.17. The van der Waals surface area contributed by atoms with Crippen molar-refractivity contribution in [2.75, 3.05) is 53.6 Å². The van der Waals surface area contributed by atoms with Gasteiger partial charge in [-0.2, -0.15) is 0 Å². The van der Waals surface area contributed by atoms with E-state index in [1.807, 2.05) is 19.0 Å². The molecular formula is C18H33N3O3. The first-order valence-electron chi connectivity index (χ1n) is 9.32. The number of carbonyl (C=O) groups excluding carboxylic acids is 1. The summed E-state index contributed by atoms with van der Waals surface area (Å²) in [6.45, 7) is 6.62. The monoisotopic (exact) mass is 339 g/mol. The second-order valence-corrected chi connectivity index (χ2v) is 8.52. The molecule has 1 N–H and O–H groups in total. The zero-order valence-electron chi connectivity index (χ0n) is 15.5. The molecule has 6 nitrogen and oxygen atoms in total. The molecule has 0 aromatic carbocycles. The van der Waals surface area contributed by atoms with E-state index in [1.165, 1.54) is 12.8 Å². The smallest absolute Gasteiger partial charge is 0.317 e. The summed E-state index contributed by atoms with van der Waals surface area (Å²) in [5.74, 6) is 0. The van der Waals surface area contributed by atoms with E-state index < -0.39 is 0 Å². The third-order valence-electron chi connectivity index (χ3n) is 5.80. The molecular weight excluding hydrogens is 306 g/mol. The minimum absolute atomic E-state index is 0.0598. The van der Waals surface area contributed by atoms with Crippen molar-refractivity contribution in [3.63, 3.8) is 0 Å². The van der Waals surface area contributed by atoms with Gasteiger partial charge in [-0.15, -0.1) is 0 Å². The molecule has 1 aliphatic carbocycles. The van der Waals surface area contributed by atoms with Crippen LogP contribution in [0.2, 0.25) is 0 Å². The fraction of sp³-hybridized carbons (Fsp3) is 0.944. The number of hydrogen-bond acceptors (Lipinski definition) is 4. The number of hydrogen-bond donors (Lipinski definition) is 1. The summed E-state index contributed by atoms with van der Waals surface area (Å²) in [5, 5.41) is 3.18. The number of urea groups is 1. The largest absolute Gasteiger partial charge is 0.381 e. The molecule has 2 amide bonds. The predicted molar refractivity (Wildman–Crippen MR) is 93.1 cm³/mol. The predicted octanol–water partition coefficient (Wildman–Crippen LogP) is 1.70. The molecule has 3 fully saturated rings. The summed E-state index contributed by atoms with van der Waals surface area (Å²) in [5.41, 5.74) is -0.0233. The van der Waals surface area contributed by atoms with Crippen LogP contribution in [0.4, 0.5) is 4.79 Å². The Morgan fingerprint density at radius 2 is 2.04 bits per heavy atom. The first kappa shape index (κ1) is 18.0. The van der Waals surface area contributed by atoms with E-state index in [0.29, 0.717) is 13.2 Å². The fourth-order valence-electron chi connectivity index (χ4n) is 4.22. The second kappa shape index (κ2) is 7.18. The number of nitrogens with zero attached hydrogens (tertiary/aromatic N) is 2. The maximum atomic E-state index is 12.9. The minimum atomic E-state index is -0.0967. The number of ether oxygens (including phenoxy) is 2. The third-order valence-corrected chi connectivity index (χ3v) is 5.80. The highest BCUT2D eigenvalue weighted by Crippen LogP contribution is 2.37. The van der Waals surface area contributed by atoms with Gasteiger partial charge in [0.2, 0.25) is 0 Å². The van der Waals surface area contributed by atoms with Crippen LogP contribution in [-0.4, -0.2) is 81.0 Å². The van der Waals surface area contributed by atoms with Crippen LogP contribution in [0.25, 0.3) is 0 Å². The van der Waals surface area contributed by atoms with Crippen LogP contribution in [0.5, 0.6) is 0 Å². The maximum Gasteiger partial charge on any atom is 0.317 e. The van der Waals surface area contributed by atoms with Gasteiger partial charge in [-0.1, -0.05) is 19.8 Å². The Kier molecular flexibility index (Phi) is 5.37. The molecule has 0 aromatic rings. The molecule has 2 unspecified atom stereocenters. The van der Waals surface area contributed by atoms with Gasteiger partial charge in [-0.25, -0.2) is 4.79 Å². The van der Waals surface area contributed by atoms with Gasteiger partial charge in [-0.05, 0) is 33.4 Å². The summed E-state index contributed by atoms with van der Waals surface area (Å²) < 4.78 is 11.7. The number of likely N-dealkylation sites (N-methyl/N-ethyl adjacent to an activating group) is 1. The van der Waals surface area contributed by atoms with Crippen LogP contribution in [0.1, 0.15) is 39.0 Å². The van der Waals surface area contributed by atoms with Crippen molar-refractivity contribution in [3.05, 3.63) is 0 Å². The van der Waals surface area contributed by atoms with E-state index in [1.54, 1.807) is 0 Å². The first-order chi connectivity index (χ1) is 11.4. The molecule has 24 heavy (non-hydrogen) atoms. The molecule has 0 bridgehead atoms. The van der Waals surface area contributed by atoms with E-state index in [9.17, 15) is 4.79 Å². The highest BCUT2D eigenvalue weighted by molar-refractivity contribution is 5.75. The SMILES string of the molecule is CN(C)CC1COC2(CCCC2)CN1C(=O)NCC1(C)CCOC1. The van der Waals surface area contributed by atoms with Crippen LogP contribution in [-0.2, 0) is 9.47 Å². The van der Waals surface area contributed by atoms with E-state index >= 15 is 0 Å². The van der Waals surface area contributed by atoms with Gasteiger partial charge >= 0.3 is 6.03 Å². The number of nitrogens with one attached hydrogen (secondary N) is 1. The summed E-state index contributed by atoms with van der Waals surface area (Å²) in [6.07, 6.45) is 5.60. The molecule has 138 valence electrons. The van der Waals surface area contributed by atoms with Crippen LogP contribution >= 0.6 is 0 Å². The Balaban J connectivity index is 1.63. The molecule has 1 saturated carbocycles. The molecule has 2 saturated heterocycles. The third kappa shape index (κ3) is 4.03. The lowest BCUT2D eigenvalue weighted by Gasteiger charge is -2.46. The Labute approximate surface area is 145 Å². The summed E-state index contributed by atoms with van der Waals surface area (Å²) >= 11 is 0. The van der Waals surface area contributed by atoms with E-state index in [-0.39, 0.29) is 23.1 Å². The lowest BCUT2D eigenvalue weighted by atomic mass is 9.90. The molecule has 2 atom stereocenters. The molecule has 6 heteroatoms. The van der Waals surface area contributed by atoms with Crippen LogP contribution in [0.3, 0.4) is 0 Å². The second-order valence-electron chi connectivity index (χ2n) is 8.52. The maximum absolute atomic E-state index is 12.9. The topological polar surface area (TPSA) is 54.0 Å². The molecule has 2 aliphatic heterocycles. The van der Waals surface area contributed by atoms with Gasteiger partial charge in [0, 0.05) is 25.1 Å². The zero-order valence-corrected chi connectivity index (χ0v) is 15.5. The van der Waals surface area contributed by atoms with Gasteiger partial charge in [0.25, 0.3) is 0 Å². The van der Waals surface area contributed by atoms with Crippen molar-refractivity contribution in [2.24, 2.45) is 5.41 Å². The van der Waals surface area contributed by atoms with Gasteiger partial charge in [0.05, 0.1) is 31.4 Å². The Morgan fingerprint density at radius 3 is 2.67 bits per heavy atom. The minimum Gasteiger partial charge on any atom is -0.381 e. The molecule has 0 radical (unpaired) electrons. The van der Waals surface area contributed by atoms with E-state index in [4.69, 9.17) is 9.47 Å². The Morgan fingerprint density at radius 1 is 1.29 bits per heavy atom. The highest BCUT2D eigenvalue weighted by Gasteiger charge is 2.44. The quantitative estimate of drug-likeness (QED) is 0.847. The lowest BCUT2D eigenvalue weighted by molar-refractivity contribution is -0.119. The normalized spacial score (nSPS) is 32.7. The van der Waals surface area contributed by atoms with Crippen LogP contribution in [0.15, 0.2) is 0 Å². The summed E-state index contributed by atoms with van der Waals surface area (Å²) in [6, 6.07) is 0.184. The molecule has 1 spiro atoms. The van der Waals surface area contributed by atoms with Crippen molar-refractivity contribution in [3.8, 4) is 0 Å². The van der Waals surface area contributed by atoms with Crippen molar-refractivity contribution in [1.82, 2.24) is 15.1 Å². The number of rotatable bonds is 4. The number of amides is 2. The standard InChI is InChI=1S/C18H33N3O3/c1-17(8-9-23-14-17)12-19-16(22)21-13-18(6-4-5-7-18)24-11-15(21)10-20(2)3/h15H,4-14H2,1-3H3,(H,19,22). The van der Waals surface area contributed by atoms with Crippen molar-refractivity contribution in [1.29, 1.82) is 0 Å². The van der Waals surface area contributed by atoms with Crippen LogP contribution in [0, 0.1) is 5.41 Å². The summed E-state index contributed by atoms with van der Waals surface area (Å²) in [4.78, 5) is 17.1. The summed E-state index contributed by atoms with van der Waals surface area (Å²) in [7, 11) is 4.10. The van der Waals surface area contributed by atoms with E-state index in [2.05, 4.69) is 17.1 Å². The number of morpholine rings is 1. The van der Waals surface area contributed by atoms with E-state index in [0.717, 1.165) is 45.6 Å². The van der Waals surface area contributed by atoms with Gasteiger partial charge < -0.3 is 24.6 Å². The van der Waals surface area contributed by atoms with Gasteiger partial charge in [-0.3, -0.25) is 0 Å². The number of carbonyl (C=O) groups is 1. The fourth-order valence-corrected chi connectivity index (χ4v) is 4.22. The Hall–Kier alpha value is -0.850. The first-order valence-corrected chi connectivity index (χ1v) is 9.32. The zero-order chi connectivity index (χ0) is 17.2. The molecule has 2 heterocycles. The average molecular weight is 339 g/mol. The van der Waals surface area contributed by atoms with Crippen molar-refractivity contribution >= 4 is 6.03 Å². The van der Waals surface area contributed by atoms with Crippen LogP contribution < -0.4 is 5.32 Å². The molecule has 3 rings (SSSR count). The van der Waals surface area contributed by atoms with Gasteiger partial charge in [0.1, 0.15) is 0 Å². The highest BCUT2D eigenvalue weighted by atomic mass is 16.5. The van der Waals surface area contributed by atoms with Crippen molar-refractivity contribution < 1.29 is 14.3 Å². The van der Waals surface area contributed by atoms with Gasteiger partial charge in [0.15, 0.2) is 0 Å².